The summed E-state index contributed by atoms with van der Waals surface area (Å²) in [6, 6.07) is 15.4. The lowest BCUT2D eigenvalue weighted by atomic mass is 9.95. The minimum atomic E-state index is -0.185. The van der Waals surface area contributed by atoms with Gasteiger partial charge in [0.1, 0.15) is 13.2 Å². The lowest BCUT2D eigenvalue weighted by Gasteiger charge is -2.26. The molecule has 0 aliphatic carbocycles. The molecule has 1 aliphatic heterocycles. The number of hydrogen-bond acceptors (Lipinski definition) is 3. The smallest absolute Gasteiger partial charge is 0.315 e. The zero-order valence-corrected chi connectivity index (χ0v) is 15.5. The molecular formula is C21H26N2O3. The molecular weight excluding hydrogens is 328 g/mol. The molecule has 0 fully saturated rings. The fraction of sp³-hybridized carbons (Fsp3) is 0.381. The van der Waals surface area contributed by atoms with Crippen molar-refractivity contribution >= 4 is 6.03 Å². The first-order valence-corrected chi connectivity index (χ1v) is 9.06. The van der Waals surface area contributed by atoms with Crippen molar-refractivity contribution in [1.82, 2.24) is 10.6 Å². The number of urea groups is 1. The highest BCUT2D eigenvalue weighted by atomic mass is 16.6. The molecule has 0 spiro atoms. The molecule has 1 heterocycles. The third-order valence-electron chi connectivity index (χ3n) is 4.53. The van der Waals surface area contributed by atoms with Gasteiger partial charge in [-0.05, 0) is 36.1 Å². The first-order chi connectivity index (χ1) is 12.5. The van der Waals surface area contributed by atoms with E-state index in [1.54, 1.807) is 0 Å². The van der Waals surface area contributed by atoms with Crippen molar-refractivity contribution in [3.63, 3.8) is 0 Å². The minimum Gasteiger partial charge on any atom is -0.486 e. The van der Waals surface area contributed by atoms with Crippen LogP contribution in [0.25, 0.3) is 0 Å². The Morgan fingerprint density at radius 3 is 2.27 bits per heavy atom. The number of carbonyl (C=O) groups is 1. The molecule has 0 unspecified atom stereocenters. The molecule has 138 valence electrons. The Hall–Kier alpha value is -2.69. The molecule has 0 aromatic heterocycles. The predicted molar refractivity (Wildman–Crippen MR) is 102 cm³/mol. The molecule has 1 aliphatic rings. The standard InChI is InChI=1S/C21H26N2O3/c1-14(2)20(17-9-10-18-19(13-17)26-12-11-25-18)23-21(24)22-15(3)16-7-5-4-6-8-16/h4-10,13-15,20H,11-12H2,1-3H3,(H2,22,23,24)/t15-,20-/m1/s1. The van der Waals surface area contributed by atoms with Crippen LogP contribution in [-0.4, -0.2) is 19.2 Å². The summed E-state index contributed by atoms with van der Waals surface area (Å²) in [7, 11) is 0. The molecule has 0 bridgehead atoms. The van der Waals surface area contributed by atoms with Gasteiger partial charge in [-0.25, -0.2) is 4.79 Å². The van der Waals surface area contributed by atoms with Crippen LogP contribution in [0.3, 0.4) is 0 Å². The fourth-order valence-corrected chi connectivity index (χ4v) is 3.09. The third-order valence-corrected chi connectivity index (χ3v) is 4.53. The molecule has 0 radical (unpaired) electrons. The van der Waals surface area contributed by atoms with E-state index in [4.69, 9.17) is 9.47 Å². The van der Waals surface area contributed by atoms with E-state index < -0.39 is 0 Å². The van der Waals surface area contributed by atoms with Gasteiger partial charge in [0, 0.05) is 0 Å². The van der Waals surface area contributed by atoms with E-state index in [1.807, 2.05) is 55.5 Å². The Kier molecular flexibility index (Phi) is 5.66. The van der Waals surface area contributed by atoms with Crippen LogP contribution >= 0.6 is 0 Å². The number of ether oxygens (including phenoxy) is 2. The summed E-state index contributed by atoms with van der Waals surface area (Å²) in [5.41, 5.74) is 2.08. The molecule has 2 amide bonds. The van der Waals surface area contributed by atoms with Crippen molar-refractivity contribution in [2.24, 2.45) is 5.92 Å². The highest BCUT2D eigenvalue weighted by molar-refractivity contribution is 5.75. The summed E-state index contributed by atoms with van der Waals surface area (Å²) >= 11 is 0. The van der Waals surface area contributed by atoms with Gasteiger partial charge in [-0.1, -0.05) is 50.2 Å². The van der Waals surface area contributed by atoms with E-state index in [9.17, 15) is 4.79 Å². The summed E-state index contributed by atoms with van der Waals surface area (Å²) < 4.78 is 11.2. The van der Waals surface area contributed by atoms with Gasteiger partial charge in [-0.3, -0.25) is 0 Å². The summed E-state index contributed by atoms with van der Waals surface area (Å²) in [5, 5.41) is 6.10. The van der Waals surface area contributed by atoms with E-state index in [1.165, 1.54) is 0 Å². The predicted octanol–water partition coefficient (Wildman–Crippen LogP) is 4.22. The Morgan fingerprint density at radius 2 is 1.58 bits per heavy atom. The number of rotatable bonds is 5. The third kappa shape index (κ3) is 4.28. The molecule has 0 saturated carbocycles. The van der Waals surface area contributed by atoms with Gasteiger partial charge < -0.3 is 20.1 Å². The van der Waals surface area contributed by atoms with Gasteiger partial charge in [0.15, 0.2) is 11.5 Å². The monoisotopic (exact) mass is 354 g/mol. The van der Waals surface area contributed by atoms with E-state index in [-0.39, 0.29) is 24.0 Å². The Morgan fingerprint density at radius 1 is 0.885 bits per heavy atom. The van der Waals surface area contributed by atoms with Crippen molar-refractivity contribution < 1.29 is 14.3 Å². The van der Waals surface area contributed by atoms with Crippen LogP contribution in [0.4, 0.5) is 4.79 Å². The van der Waals surface area contributed by atoms with E-state index in [0.717, 1.165) is 22.6 Å². The topological polar surface area (TPSA) is 59.6 Å². The maximum Gasteiger partial charge on any atom is 0.315 e. The van der Waals surface area contributed by atoms with Crippen molar-refractivity contribution in [2.75, 3.05) is 13.2 Å². The van der Waals surface area contributed by atoms with Gasteiger partial charge in [-0.15, -0.1) is 0 Å². The fourth-order valence-electron chi connectivity index (χ4n) is 3.09. The summed E-state index contributed by atoms with van der Waals surface area (Å²) in [6.07, 6.45) is 0. The SMILES string of the molecule is CC(C)[C@@H](NC(=O)N[C@H](C)c1ccccc1)c1ccc2c(c1)OCCO2. The number of benzene rings is 2. The molecule has 0 saturated heterocycles. The van der Waals surface area contributed by atoms with E-state index >= 15 is 0 Å². The second-order valence-electron chi connectivity index (χ2n) is 6.87. The van der Waals surface area contributed by atoms with E-state index in [0.29, 0.717) is 13.2 Å². The van der Waals surface area contributed by atoms with Gasteiger partial charge in [0.2, 0.25) is 0 Å². The number of carbonyl (C=O) groups excluding carboxylic acids is 1. The van der Waals surface area contributed by atoms with Crippen molar-refractivity contribution in [1.29, 1.82) is 0 Å². The molecule has 2 N–H and O–H groups in total. The average molecular weight is 354 g/mol. The van der Waals surface area contributed by atoms with Gasteiger partial charge in [0.25, 0.3) is 0 Å². The van der Waals surface area contributed by atoms with Crippen LogP contribution < -0.4 is 20.1 Å². The van der Waals surface area contributed by atoms with E-state index in [2.05, 4.69) is 24.5 Å². The van der Waals surface area contributed by atoms with Crippen LogP contribution in [0.5, 0.6) is 11.5 Å². The maximum atomic E-state index is 12.5. The number of fused-ring (bicyclic) bond motifs is 1. The van der Waals surface area contributed by atoms with Gasteiger partial charge in [0.05, 0.1) is 12.1 Å². The highest BCUT2D eigenvalue weighted by Gasteiger charge is 2.22. The molecule has 5 heteroatoms. The lowest BCUT2D eigenvalue weighted by Crippen LogP contribution is -2.40. The maximum absolute atomic E-state index is 12.5. The second-order valence-corrected chi connectivity index (χ2v) is 6.87. The number of amides is 2. The summed E-state index contributed by atoms with van der Waals surface area (Å²) in [5.74, 6) is 1.72. The van der Waals surface area contributed by atoms with Crippen LogP contribution in [0.1, 0.15) is 44.0 Å². The first kappa shape index (κ1) is 18.1. The highest BCUT2D eigenvalue weighted by Crippen LogP contribution is 2.34. The zero-order valence-electron chi connectivity index (χ0n) is 15.5. The number of nitrogens with one attached hydrogen (secondary N) is 2. The second kappa shape index (κ2) is 8.13. The molecule has 2 atom stereocenters. The Balaban J connectivity index is 1.69. The lowest BCUT2D eigenvalue weighted by molar-refractivity contribution is 0.171. The van der Waals surface area contributed by atoms with Crippen molar-refractivity contribution in [3.05, 3.63) is 59.7 Å². The molecule has 3 rings (SSSR count). The summed E-state index contributed by atoms with van der Waals surface area (Å²) in [6.45, 7) is 7.26. The quantitative estimate of drug-likeness (QED) is 0.845. The zero-order chi connectivity index (χ0) is 18.5. The molecule has 2 aromatic carbocycles. The van der Waals surface area contributed by atoms with Crippen LogP contribution in [0.2, 0.25) is 0 Å². The normalized spacial score (nSPS) is 15.2. The molecule has 2 aromatic rings. The summed E-state index contributed by atoms with van der Waals surface area (Å²) in [4.78, 5) is 12.5. The Labute approximate surface area is 154 Å². The Bertz CT molecular complexity index is 746. The average Bonchev–Trinajstić information content (AvgIpc) is 2.66. The van der Waals surface area contributed by atoms with Gasteiger partial charge >= 0.3 is 6.03 Å². The molecule has 5 nitrogen and oxygen atoms in total. The minimum absolute atomic E-state index is 0.0655. The largest absolute Gasteiger partial charge is 0.486 e. The van der Waals surface area contributed by atoms with Gasteiger partial charge in [-0.2, -0.15) is 0 Å². The first-order valence-electron chi connectivity index (χ1n) is 9.06. The molecule has 26 heavy (non-hydrogen) atoms. The van der Waals surface area contributed by atoms with Crippen molar-refractivity contribution in [3.8, 4) is 11.5 Å². The van der Waals surface area contributed by atoms with Crippen LogP contribution in [0, 0.1) is 5.92 Å². The van der Waals surface area contributed by atoms with Crippen LogP contribution in [-0.2, 0) is 0 Å². The van der Waals surface area contributed by atoms with Crippen molar-refractivity contribution in [2.45, 2.75) is 32.9 Å². The van der Waals surface area contributed by atoms with Crippen LogP contribution in [0.15, 0.2) is 48.5 Å². The number of hydrogen-bond donors (Lipinski definition) is 2.